The summed E-state index contributed by atoms with van der Waals surface area (Å²) >= 11 is 5.26. The van der Waals surface area contributed by atoms with Crippen molar-refractivity contribution in [2.45, 2.75) is 26.0 Å². The average molecular weight is 340 g/mol. The van der Waals surface area contributed by atoms with E-state index < -0.39 is 0 Å². The maximum atomic E-state index is 8.99. The molecule has 2 N–H and O–H groups in total. The van der Waals surface area contributed by atoms with Crippen LogP contribution in [-0.4, -0.2) is 11.7 Å². The van der Waals surface area contributed by atoms with E-state index in [1.54, 1.807) is 11.3 Å². The number of halogens is 1. The van der Waals surface area contributed by atoms with Crippen molar-refractivity contribution in [1.29, 1.82) is 0 Å². The van der Waals surface area contributed by atoms with Crippen LogP contribution in [-0.2, 0) is 13.0 Å². The maximum Gasteiger partial charge on any atom is 0.0701 e. The highest BCUT2D eigenvalue weighted by molar-refractivity contribution is 9.11. The second-order valence-corrected chi connectivity index (χ2v) is 7.04. The molecule has 0 radical (unpaired) electrons. The predicted molar refractivity (Wildman–Crippen MR) is 84.5 cm³/mol. The van der Waals surface area contributed by atoms with E-state index in [0.29, 0.717) is 6.04 Å². The lowest BCUT2D eigenvalue weighted by Crippen LogP contribution is -2.20. The Hall–Kier alpha value is -0.680. The summed E-state index contributed by atoms with van der Waals surface area (Å²) in [5, 5.41) is 12.5. The number of aliphatic hydroxyl groups is 1. The van der Waals surface area contributed by atoms with Crippen molar-refractivity contribution in [3.8, 4) is 0 Å². The van der Waals surface area contributed by atoms with Crippen molar-refractivity contribution in [1.82, 2.24) is 5.32 Å². The Morgan fingerprint density at radius 2 is 1.84 bits per heavy atom. The predicted octanol–water partition coefficient (Wildman–Crippen LogP) is 3.90. The lowest BCUT2D eigenvalue weighted by Gasteiger charge is -2.12. The summed E-state index contributed by atoms with van der Waals surface area (Å²) in [5.74, 6) is 0. The highest BCUT2D eigenvalue weighted by atomic mass is 79.9. The van der Waals surface area contributed by atoms with Crippen molar-refractivity contribution >= 4 is 27.3 Å². The zero-order valence-electron chi connectivity index (χ0n) is 10.9. The monoisotopic (exact) mass is 339 g/mol. The Balaban J connectivity index is 1.79. The molecule has 1 heterocycles. The van der Waals surface area contributed by atoms with Crippen molar-refractivity contribution < 1.29 is 5.11 Å². The van der Waals surface area contributed by atoms with Crippen LogP contribution in [0.3, 0.4) is 0 Å². The van der Waals surface area contributed by atoms with Crippen LogP contribution in [0.2, 0.25) is 0 Å². The van der Waals surface area contributed by atoms with Gasteiger partial charge in [-0.2, -0.15) is 0 Å². The molecule has 0 spiro atoms. The molecule has 0 aliphatic carbocycles. The van der Waals surface area contributed by atoms with Crippen molar-refractivity contribution in [2.75, 3.05) is 6.54 Å². The molecule has 0 fully saturated rings. The molecule has 19 heavy (non-hydrogen) atoms. The summed E-state index contributed by atoms with van der Waals surface area (Å²) in [6, 6.07) is 12.8. The zero-order valence-corrected chi connectivity index (χ0v) is 13.3. The number of aliphatic hydroxyl groups excluding tert-OH is 1. The van der Waals surface area contributed by atoms with Gasteiger partial charge in [-0.3, -0.25) is 0 Å². The summed E-state index contributed by atoms with van der Waals surface area (Å²) in [6.45, 7) is 3.26. The van der Waals surface area contributed by atoms with Crippen LogP contribution in [0.1, 0.15) is 29.0 Å². The van der Waals surface area contributed by atoms with Crippen LogP contribution in [0.5, 0.6) is 0 Å². The fourth-order valence-corrected chi connectivity index (χ4v) is 3.36. The van der Waals surface area contributed by atoms with Gasteiger partial charge >= 0.3 is 0 Å². The minimum Gasteiger partial charge on any atom is -0.392 e. The first-order valence-electron chi connectivity index (χ1n) is 6.36. The van der Waals surface area contributed by atoms with Gasteiger partial charge in [0.25, 0.3) is 0 Å². The molecule has 1 atom stereocenters. The second-order valence-electron chi connectivity index (χ2n) is 4.54. The maximum absolute atomic E-state index is 8.99. The molecule has 4 heteroatoms. The third kappa shape index (κ3) is 4.42. The lowest BCUT2D eigenvalue weighted by molar-refractivity contribution is 0.282. The molecular weight excluding hydrogens is 322 g/mol. The van der Waals surface area contributed by atoms with E-state index in [1.807, 2.05) is 12.1 Å². The summed E-state index contributed by atoms with van der Waals surface area (Å²) in [5.41, 5.74) is 2.26. The number of nitrogens with one attached hydrogen (secondary N) is 1. The summed E-state index contributed by atoms with van der Waals surface area (Å²) < 4.78 is 1.18. The van der Waals surface area contributed by atoms with E-state index in [0.717, 1.165) is 18.5 Å². The fourth-order valence-electron chi connectivity index (χ4n) is 1.91. The molecule has 2 rings (SSSR count). The lowest BCUT2D eigenvalue weighted by atomic mass is 10.1. The van der Waals surface area contributed by atoms with Crippen LogP contribution in [0.4, 0.5) is 0 Å². The number of hydrogen-bond donors (Lipinski definition) is 2. The number of hydrogen-bond acceptors (Lipinski definition) is 3. The molecule has 2 aromatic rings. The Labute approximate surface area is 126 Å². The molecule has 0 amide bonds. The van der Waals surface area contributed by atoms with E-state index in [-0.39, 0.29) is 6.61 Å². The topological polar surface area (TPSA) is 32.3 Å². The second kappa shape index (κ2) is 7.20. The first kappa shape index (κ1) is 14.7. The zero-order chi connectivity index (χ0) is 13.7. The minimum absolute atomic E-state index is 0.114. The molecule has 1 aromatic heterocycles. The molecule has 0 aliphatic rings. The van der Waals surface area contributed by atoms with Crippen molar-refractivity contribution in [3.05, 3.63) is 56.2 Å². The first-order chi connectivity index (χ1) is 9.19. The van der Waals surface area contributed by atoms with Gasteiger partial charge in [0, 0.05) is 10.9 Å². The smallest absolute Gasteiger partial charge is 0.0701 e. The van der Waals surface area contributed by atoms with Crippen LogP contribution in [0.25, 0.3) is 0 Å². The minimum atomic E-state index is 0.114. The Bertz CT molecular complexity index is 509. The number of thiophene rings is 1. The largest absolute Gasteiger partial charge is 0.392 e. The van der Waals surface area contributed by atoms with E-state index >= 15 is 0 Å². The third-order valence-electron chi connectivity index (χ3n) is 3.09. The van der Waals surface area contributed by atoms with E-state index in [4.69, 9.17) is 5.11 Å². The first-order valence-corrected chi connectivity index (χ1v) is 7.97. The molecule has 1 unspecified atom stereocenters. The molecule has 0 aliphatic heterocycles. The molecule has 0 saturated carbocycles. The van der Waals surface area contributed by atoms with Gasteiger partial charge in [0.1, 0.15) is 0 Å². The molecule has 102 valence electrons. The van der Waals surface area contributed by atoms with Gasteiger partial charge in [-0.1, -0.05) is 24.3 Å². The molecule has 0 saturated heterocycles. The van der Waals surface area contributed by atoms with Gasteiger partial charge in [-0.15, -0.1) is 11.3 Å². The fraction of sp³-hybridized carbons (Fsp3) is 0.333. The van der Waals surface area contributed by atoms with Crippen molar-refractivity contribution in [3.63, 3.8) is 0 Å². The summed E-state index contributed by atoms with van der Waals surface area (Å²) in [7, 11) is 0. The van der Waals surface area contributed by atoms with Crippen LogP contribution < -0.4 is 5.32 Å². The SMILES string of the molecule is CC(NCCc1ccc(CO)cc1)c1ccc(Br)s1. The van der Waals surface area contributed by atoms with Gasteiger partial charge in [0.05, 0.1) is 10.4 Å². The van der Waals surface area contributed by atoms with E-state index in [1.165, 1.54) is 14.2 Å². The normalized spacial score (nSPS) is 12.6. The third-order valence-corrected chi connectivity index (χ3v) is 4.90. The molecular formula is C15H18BrNOS. The standard InChI is InChI=1S/C15H18BrNOS/c1-11(14-6-7-15(16)19-14)17-9-8-12-2-4-13(10-18)5-3-12/h2-7,11,17-18H,8-10H2,1H3. The summed E-state index contributed by atoms with van der Waals surface area (Å²) in [6.07, 6.45) is 1.00. The van der Waals surface area contributed by atoms with Crippen LogP contribution in [0.15, 0.2) is 40.2 Å². The van der Waals surface area contributed by atoms with E-state index in [2.05, 4.69) is 52.4 Å². The molecule has 2 nitrogen and oxygen atoms in total. The number of rotatable bonds is 6. The molecule has 0 bridgehead atoms. The van der Waals surface area contributed by atoms with Crippen molar-refractivity contribution in [2.24, 2.45) is 0 Å². The molecule has 1 aromatic carbocycles. The Kier molecular flexibility index (Phi) is 5.58. The summed E-state index contributed by atoms with van der Waals surface area (Å²) in [4.78, 5) is 1.35. The van der Waals surface area contributed by atoms with Gasteiger partial charge in [-0.05, 0) is 59.1 Å². The Morgan fingerprint density at radius 3 is 2.42 bits per heavy atom. The van der Waals surface area contributed by atoms with Crippen LogP contribution >= 0.6 is 27.3 Å². The average Bonchev–Trinajstić information content (AvgIpc) is 2.86. The quantitative estimate of drug-likeness (QED) is 0.836. The van der Waals surface area contributed by atoms with Gasteiger partial charge in [-0.25, -0.2) is 0 Å². The van der Waals surface area contributed by atoms with E-state index in [9.17, 15) is 0 Å². The highest BCUT2D eigenvalue weighted by Crippen LogP contribution is 2.26. The number of benzene rings is 1. The van der Waals surface area contributed by atoms with Gasteiger partial charge in [0.15, 0.2) is 0 Å². The Morgan fingerprint density at radius 1 is 1.16 bits per heavy atom. The highest BCUT2D eigenvalue weighted by Gasteiger charge is 2.06. The van der Waals surface area contributed by atoms with Gasteiger partial charge in [0.2, 0.25) is 0 Å². The van der Waals surface area contributed by atoms with Gasteiger partial charge < -0.3 is 10.4 Å². The van der Waals surface area contributed by atoms with Crippen LogP contribution in [0, 0.1) is 0 Å².